The van der Waals surface area contributed by atoms with Gasteiger partial charge in [0.2, 0.25) is 0 Å². The normalized spacial score (nSPS) is 18.0. The van der Waals surface area contributed by atoms with Gasteiger partial charge in [0.25, 0.3) is 5.91 Å². The van der Waals surface area contributed by atoms with Gasteiger partial charge in [0.1, 0.15) is 0 Å². The molecule has 0 bridgehead atoms. The van der Waals surface area contributed by atoms with Crippen LogP contribution >= 0.6 is 15.9 Å². The summed E-state index contributed by atoms with van der Waals surface area (Å²) in [5, 5.41) is 7.69. The number of hydrogen-bond acceptors (Lipinski definition) is 6. The van der Waals surface area contributed by atoms with Gasteiger partial charge in [-0.15, -0.1) is 5.10 Å². The Morgan fingerprint density at radius 2 is 2.22 bits per heavy atom. The van der Waals surface area contributed by atoms with Crippen molar-refractivity contribution < 1.29 is 9.53 Å². The number of aryl methyl sites for hydroxylation is 1. The van der Waals surface area contributed by atoms with Gasteiger partial charge in [-0.3, -0.25) is 9.48 Å². The van der Waals surface area contributed by atoms with E-state index in [9.17, 15) is 4.79 Å². The Bertz CT molecular complexity index is 674. The Hall–Kier alpha value is -2.03. The summed E-state index contributed by atoms with van der Waals surface area (Å²) in [6.45, 7) is 1.87. The Morgan fingerprint density at radius 1 is 1.43 bits per heavy atom. The highest BCUT2D eigenvalue weighted by molar-refractivity contribution is 9.10. The first-order valence-electron chi connectivity index (χ1n) is 7.38. The maximum atomic E-state index is 12.4. The molecule has 3 rings (SSSR count). The van der Waals surface area contributed by atoms with E-state index in [0.29, 0.717) is 24.9 Å². The molecule has 9 heteroatoms. The second-order valence-electron chi connectivity index (χ2n) is 5.53. The van der Waals surface area contributed by atoms with E-state index in [1.165, 1.54) is 4.68 Å². The number of nitrogens with zero attached hydrogens (tertiary/aromatic N) is 6. The predicted octanol–water partition coefficient (Wildman–Crippen LogP) is 1.30. The zero-order valence-corrected chi connectivity index (χ0v) is 14.3. The van der Waals surface area contributed by atoms with Gasteiger partial charge in [0.15, 0.2) is 5.69 Å². The van der Waals surface area contributed by atoms with Crippen LogP contribution in [0.4, 0.5) is 0 Å². The zero-order valence-electron chi connectivity index (χ0n) is 12.7. The third kappa shape index (κ3) is 4.04. The molecular formula is C14H17BrN6O2. The van der Waals surface area contributed by atoms with Gasteiger partial charge in [0, 0.05) is 38.4 Å². The quantitative estimate of drug-likeness (QED) is 0.794. The third-order valence-electron chi connectivity index (χ3n) is 3.67. The fourth-order valence-electron chi connectivity index (χ4n) is 2.56. The smallest absolute Gasteiger partial charge is 0.316 e. The van der Waals surface area contributed by atoms with Gasteiger partial charge >= 0.3 is 6.01 Å². The molecule has 0 N–H and O–H groups in total. The van der Waals surface area contributed by atoms with Crippen LogP contribution in [0.3, 0.4) is 0 Å². The molecular weight excluding hydrogens is 364 g/mol. The minimum atomic E-state index is -0.0808. The van der Waals surface area contributed by atoms with Crippen molar-refractivity contribution in [1.29, 1.82) is 0 Å². The summed E-state index contributed by atoms with van der Waals surface area (Å²) < 4.78 is 7.96. The summed E-state index contributed by atoms with van der Waals surface area (Å²) in [5.41, 5.74) is 0.380. The van der Waals surface area contributed by atoms with Gasteiger partial charge < -0.3 is 9.64 Å². The number of rotatable bonds is 4. The van der Waals surface area contributed by atoms with E-state index in [1.807, 2.05) is 4.90 Å². The van der Waals surface area contributed by atoms with E-state index in [-0.39, 0.29) is 11.8 Å². The summed E-state index contributed by atoms with van der Waals surface area (Å²) >= 11 is 3.28. The van der Waals surface area contributed by atoms with Crippen molar-refractivity contribution in [3.63, 3.8) is 0 Å². The highest BCUT2D eigenvalue weighted by atomic mass is 79.9. The fourth-order valence-corrected chi connectivity index (χ4v) is 2.76. The van der Waals surface area contributed by atoms with Crippen molar-refractivity contribution >= 4 is 21.8 Å². The number of carbonyl (C=O) groups is 1. The molecule has 1 unspecified atom stereocenters. The topological polar surface area (TPSA) is 86.0 Å². The van der Waals surface area contributed by atoms with Crippen molar-refractivity contribution in [3.8, 4) is 6.01 Å². The molecule has 1 atom stereocenters. The average Bonchev–Trinajstić information content (AvgIpc) is 3.00. The fraction of sp³-hybridized carbons (Fsp3) is 0.500. The first-order chi connectivity index (χ1) is 11.1. The summed E-state index contributed by atoms with van der Waals surface area (Å²) in [6.07, 6.45) is 6.89. The summed E-state index contributed by atoms with van der Waals surface area (Å²) in [7, 11) is 1.74. The number of piperidine rings is 1. The molecule has 1 aliphatic heterocycles. The summed E-state index contributed by atoms with van der Waals surface area (Å²) in [6, 6.07) is 0.352. The lowest BCUT2D eigenvalue weighted by Crippen LogP contribution is -2.41. The van der Waals surface area contributed by atoms with Crippen LogP contribution in [0.2, 0.25) is 0 Å². The second kappa shape index (κ2) is 7.03. The molecule has 2 aromatic heterocycles. The van der Waals surface area contributed by atoms with E-state index in [2.05, 4.69) is 36.2 Å². The molecule has 1 amide bonds. The lowest BCUT2D eigenvalue weighted by atomic mass is 9.99. The highest BCUT2D eigenvalue weighted by Crippen LogP contribution is 2.19. The van der Waals surface area contributed by atoms with Crippen LogP contribution in [0.1, 0.15) is 23.3 Å². The zero-order chi connectivity index (χ0) is 16.2. The molecule has 1 fully saturated rings. The van der Waals surface area contributed by atoms with Gasteiger partial charge in [-0.25, -0.2) is 9.97 Å². The minimum Gasteiger partial charge on any atom is -0.463 e. The number of hydrogen-bond donors (Lipinski definition) is 0. The number of aromatic nitrogens is 5. The molecule has 1 aliphatic rings. The monoisotopic (exact) mass is 380 g/mol. The molecule has 3 heterocycles. The van der Waals surface area contributed by atoms with E-state index < -0.39 is 0 Å². The van der Waals surface area contributed by atoms with E-state index in [1.54, 1.807) is 25.6 Å². The maximum Gasteiger partial charge on any atom is 0.316 e. The average molecular weight is 381 g/mol. The highest BCUT2D eigenvalue weighted by Gasteiger charge is 2.26. The SMILES string of the molecule is Cn1cc(C(=O)N2CCCC(COc3ncc(Br)cn3)C2)nn1. The first-order valence-corrected chi connectivity index (χ1v) is 8.17. The van der Waals surface area contributed by atoms with Crippen LogP contribution < -0.4 is 4.74 Å². The van der Waals surface area contributed by atoms with Crippen LogP contribution in [0.5, 0.6) is 6.01 Å². The number of halogens is 1. The standard InChI is InChI=1S/C14H17BrN6O2/c1-20-8-12(18-19-20)13(22)21-4-2-3-10(7-21)9-23-14-16-5-11(15)6-17-14/h5-6,8,10H,2-4,7,9H2,1H3. The molecule has 0 radical (unpaired) electrons. The maximum absolute atomic E-state index is 12.4. The van der Waals surface area contributed by atoms with Crippen molar-refractivity contribution in [1.82, 2.24) is 29.9 Å². The Morgan fingerprint density at radius 3 is 2.91 bits per heavy atom. The predicted molar refractivity (Wildman–Crippen MR) is 84.9 cm³/mol. The van der Waals surface area contributed by atoms with Crippen molar-refractivity contribution in [2.45, 2.75) is 12.8 Å². The number of amides is 1. The van der Waals surface area contributed by atoms with E-state index in [0.717, 1.165) is 23.9 Å². The summed E-state index contributed by atoms with van der Waals surface area (Å²) in [5.74, 6) is 0.180. The minimum absolute atomic E-state index is 0.0808. The van der Waals surface area contributed by atoms with Crippen LogP contribution in [0, 0.1) is 5.92 Å². The number of ether oxygens (including phenoxy) is 1. The molecule has 0 aliphatic carbocycles. The molecule has 2 aromatic rings. The van der Waals surface area contributed by atoms with Gasteiger partial charge in [0.05, 0.1) is 17.3 Å². The van der Waals surface area contributed by atoms with E-state index in [4.69, 9.17) is 4.74 Å². The lowest BCUT2D eigenvalue weighted by Gasteiger charge is -2.31. The largest absolute Gasteiger partial charge is 0.463 e. The van der Waals surface area contributed by atoms with Crippen molar-refractivity contribution in [2.24, 2.45) is 13.0 Å². The number of carbonyl (C=O) groups excluding carboxylic acids is 1. The third-order valence-corrected chi connectivity index (χ3v) is 4.08. The van der Waals surface area contributed by atoms with Crippen LogP contribution in [0.15, 0.2) is 23.1 Å². The van der Waals surface area contributed by atoms with Crippen molar-refractivity contribution in [3.05, 3.63) is 28.8 Å². The molecule has 23 heavy (non-hydrogen) atoms. The molecule has 8 nitrogen and oxygen atoms in total. The Labute approximate surface area is 142 Å². The van der Waals surface area contributed by atoms with Gasteiger partial charge in [-0.1, -0.05) is 5.21 Å². The molecule has 1 saturated heterocycles. The number of likely N-dealkylation sites (tertiary alicyclic amines) is 1. The second-order valence-corrected chi connectivity index (χ2v) is 6.45. The lowest BCUT2D eigenvalue weighted by molar-refractivity contribution is 0.0623. The molecule has 0 saturated carbocycles. The Balaban J connectivity index is 1.55. The van der Waals surface area contributed by atoms with Crippen LogP contribution in [0.25, 0.3) is 0 Å². The summed E-state index contributed by atoms with van der Waals surface area (Å²) in [4.78, 5) is 22.4. The molecule has 0 spiro atoms. The van der Waals surface area contributed by atoms with Gasteiger partial charge in [-0.2, -0.15) is 0 Å². The van der Waals surface area contributed by atoms with E-state index >= 15 is 0 Å². The van der Waals surface area contributed by atoms with Crippen LogP contribution in [-0.4, -0.2) is 55.5 Å². The Kier molecular flexibility index (Phi) is 4.85. The molecule has 122 valence electrons. The first kappa shape index (κ1) is 15.9. The van der Waals surface area contributed by atoms with Crippen LogP contribution in [-0.2, 0) is 7.05 Å². The molecule has 0 aromatic carbocycles. The van der Waals surface area contributed by atoms with Crippen molar-refractivity contribution in [2.75, 3.05) is 19.7 Å². The van der Waals surface area contributed by atoms with Gasteiger partial charge in [-0.05, 0) is 28.8 Å².